The molecule has 0 aliphatic heterocycles. The number of aromatic nitrogens is 5. The Morgan fingerprint density at radius 1 is 1.21 bits per heavy atom. The van der Waals surface area contributed by atoms with Gasteiger partial charge in [-0.15, -0.1) is 0 Å². The van der Waals surface area contributed by atoms with Crippen molar-refractivity contribution in [3.8, 4) is 0 Å². The van der Waals surface area contributed by atoms with Crippen molar-refractivity contribution >= 4 is 35.2 Å². The van der Waals surface area contributed by atoms with Gasteiger partial charge < -0.3 is 10.2 Å². The topological polar surface area (TPSA) is 79.7 Å². The van der Waals surface area contributed by atoms with Gasteiger partial charge in [-0.25, -0.2) is 4.98 Å². The van der Waals surface area contributed by atoms with Gasteiger partial charge in [0.05, 0.1) is 0 Å². The van der Waals surface area contributed by atoms with E-state index in [0.717, 1.165) is 16.7 Å². The van der Waals surface area contributed by atoms with Crippen molar-refractivity contribution in [1.82, 2.24) is 24.3 Å². The van der Waals surface area contributed by atoms with Crippen molar-refractivity contribution in [3.05, 3.63) is 5.82 Å². The van der Waals surface area contributed by atoms with Crippen molar-refractivity contribution in [2.24, 2.45) is 0 Å². The molecule has 0 fully saturated rings. The molecule has 9 heteroatoms. The van der Waals surface area contributed by atoms with Crippen LogP contribution in [0, 0.1) is 6.92 Å². The summed E-state index contributed by atoms with van der Waals surface area (Å²) in [7, 11) is 3.79. The molecule has 2 heterocycles. The van der Waals surface area contributed by atoms with Crippen molar-refractivity contribution in [3.63, 3.8) is 0 Å². The van der Waals surface area contributed by atoms with E-state index in [1.165, 1.54) is 23.3 Å². The van der Waals surface area contributed by atoms with Gasteiger partial charge in [0, 0.05) is 20.6 Å². The number of rotatable bonds is 5. The maximum Gasteiger partial charge on any atom is 0.230 e. The summed E-state index contributed by atoms with van der Waals surface area (Å²) in [5, 5.41) is 3.72. The van der Waals surface area contributed by atoms with Crippen LogP contribution in [0.5, 0.6) is 0 Å². The molecule has 2 rings (SSSR count). The van der Waals surface area contributed by atoms with E-state index in [2.05, 4.69) is 29.6 Å². The van der Waals surface area contributed by atoms with Gasteiger partial charge in [0.15, 0.2) is 4.34 Å². The Bertz CT molecular complexity index is 555. The molecule has 7 nitrogen and oxygen atoms in total. The highest BCUT2D eigenvalue weighted by Gasteiger charge is 2.11. The Morgan fingerprint density at radius 3 is 2.58 bits per heavy atom. The minimum Gasteiger partial charge on any atom is -0.354 e. The fourth-order valence-corrected chi connectivity index (χ4v) is 2.73. The van der Waals surface area contributed by atoms with Gasteiger partial charge in [0.25, 0.3) is 0 Å². The lowest BCUT2D eigenvalue weighted by Crippen LogP contribution is -2.15. The summed E-state index contributed by atoms with van der Waals surface area (Å²) >= 11 is 2.74. The fourth-order valence-electron chi connectivity index (χ4n) is 1.23. The predicted molar refractivity (Wildman–Crippen MR) is 77.1 cm³/mol. The van der Waals surface area contributed by atoms with Gasteiger partial charge in [-0.1, -0.05) is 0 Å². The van der Waals surface area contributed by atoms with Crippen molar-refractivity contribution in [2.75, 3.05) is 30.9 Å². The van der Waals surface area contributed by atoms with E-state index in [1.54, 1.807) is 0 Å². The predicted octanol–water partition coefficient (Wildman–Crippen LogP) is 1.68. The molecule has 1 N–H and O–H groups in total. The van der Waals surface area contributed by atoms with E-state index in [0.29, 0.717) is 17.1 Å². The summed E-state index contributed by atoms with van der Waals surface area (Å²) in [6.07, 6.45) is 0. The second-order valence-electron chi connectivity index (χ2n) is 3.88. The Morgan fingerprint density at radius 2 is 2.00 bits per heavy atom. The Balaban J connectivity index is 2.27. The number of hydrogen-bond acceptors (Lipinski definition) is 9. The SMILES string of the molecule is CCNc1nc(Sc2nc(C)ns2)nc(N(C)C)n1. The van der Waals surface area contributed by atoms with Crippen LogP contribution in [0.3, 0.4) is 0 Å². The van der Waals surface area contributed by atoms with Crippen molar-refractivity contribution < 1.29 is 0 Å². The van der Waals surface area contributed by atoms with Gasteiger partial charge in [0.1, 0.15) is 5.82 Å². The third-order valence-corrected chi connectivity index (χ3v) is 3.73. The average Bonchev–Trinajstić information content (AvgIpc) is 2.75. The summed E-state index contributed by atoms with van der Waals surface area (Å²) in [6.45, 7) is 4.63. The van der Waals surface area contributed by atoms with E-state index in [-0.39, 0.29) is 0 Å². The molecule has 0 unspecified atom stereocenters. The third kappa shape index (κ3) is 3.74. The average molecular weight is 297 g/mol. The van der Waals surface area contributed by atoms with Crippen LogP contribution in [0.25, 0.3) is 0 Å². The number of hydrogen-bond donors (Lipinski definition) is 1. The van der Waals surface area contributed by atoms with Crippen LogP contribution in [-0.4, -0.2) is 44.9 Å². The normalized spacial score (nSPS) is 10.5. The zero-order valence-corrected chi connectivity index (χ0v) is 12.8. The quantitative estimate of drug-likeness (QED) is 0.893. The highest BCUT2D eigenvalue weighted by atomic mass is 32.2. The number of anilines is 2. The van der Waals surface area contributed by atoms with Gasteiger partial charge in [-0.2, -0.15) is 19.3 Å². The van der Waals surface area contributed by atoms with Gasteiger partial charge in [0.2, 0.25) is 17.1 Å². The van der Waals surface area contributed by atoms with Gasteiger partial charge in [-0.3, -0.25) is 0 Å². The maximum atomic E-state index is 4.39. The monoisotopic (exact) mass is 297 g/mol. The molecular weight excluding hydrogens is 282 g/mol. The largest absolute Gasteiger partial charge is 0.354 e. The van der Waals surface area contributed by atoms with E-state index < -0.39 is 0 Å². The molecule has 2 aromatic rings. The molecule has 0 atom stereocenters. The van der Waals surface area contributed by atoms with E-state index >= 15 is 0 Å². The second-order valence-corrected chi connectivity index (χ2v) is 5.84. The first-order valence-corrected chi connectivity index (χ1v) is 7.33. The minimum atomic E-state index is 0.574. The smallest absolute Gasteiger partial charge is 0.230 e. The summed E-state index contributed by atoms with van der Waals surface area (Å²) in [4.78, 5) is 19.2. The molecule has 0 aromatic carbocycles. The molecule has 0 amide bonds. The van der Waals surface area contributed by atoms with Crippen LogP contribution in [0.15, 0.2) is 9.50 Å². The summed E-state index contributed by atoms with van der Waals surface area (Å²) in [5.74, 6) is 1.96. The third-order valence-electron chi connectivity index (χ3n) is 2.03. The molecule has 102 valence electrons. The lowest BCUT2D eigenvalue weighted by molar-refractivity contribution is 0.863. The summed E-state index contributed by atoms with van der Waals surface area (Å²) in [6, 6.07) is 0. The van der Waals surface area contributed by atoms with E-state index in [4.69, 9.17) is 0 Å². The highest BCUT2D eigenvalue weighted by molar-refractivity contribution is 8.00. The minimum absolute atomic E-state index is 0.574. The van der Waals surface area contributed by atoms with Gasteiger partial charge >= 0.3 is 0 Å². The lowest BCUT2D eigenvalue weighted by Gasteiger charge is -2.12. The molecule has 0 radical (unpaired) electrons. The van der Waals surface area contributed by atoms with Crippen LogP contribution in [0.1, 0.15) is 12.7 Å². The molecule has 0 saturated heterocycles. The van der Waals surface area contributed by atoms with Gasteiger partial charge in [-0.05, 0) is 37.1 Å². The zero-order valence-electron chi connectivity index (χ0n) is 11.2. The molecule has 2 aromatic heterocycles. The van der Waals surface area contributed by atoms with Crippen LogP contribution in [-0.2, 0) is 0 Å². The molecular formula is C10H15N7S2. The van der Waals surface area contributed by atoms with E-state index in [1.807, 2.05) is 32.8 Å². The van der Waals surface area contributed by atoms with Crippen LogP contribution >= 0.6 is 23.3 Å². The summed E-state index contributed by atoms with van der Waals surface area (Å²) < 4.78 is 4.97. The fraction of sp³-hybridized carbons (Fsp3) is 0.500. The molecule has 0 aliphatic carbocycles. The van der Waals surface area contributed by atoms with Crippen molar-refractivity contribution in [1.29, 1.82) is 0 Å². The maximum absolute atomic E-state index is 4.39. The van der Waals surface area contributed by atoms with E-state index in [9.17, 15) is 0 Å². The Hall–Kier alpha value is -1.48. The standard InChI is InChI=1S/C10H15N7S2/c1-5-11-7-13-8(17(3)4)15-9(14-7)18-10-12-6(2)16-19-10/h5H2,1-4H3,(H,11,13,14,15). The molecule has 0 bridgehead atoms. The van der Waals surface area contributed by atoms with Crippen molar-refractivity contribution in [2.45, 2.75) is 23.3 Å². The Kier molecular flexibility index (Phi) is 4.48. The first kappa shape index (κ1) is 13.9. The first-order chi connectivity index (χ1) is 9.08. The lowest BCUT2D eigenvalue weighted by atomic mass is 10.7. The highest BCUT2D eigenvalue weighted by Crippen LogP contribution is 2.27. The van der Waals surface area contributed by atoms with Crippen LogP contribution < -0.4 is 10.2 Å². The van der Waals surface area contributed by atoms with Crippen LogP contribution in [0.4, 0.5) is 11.9 Å². The zero-order chi connectivity index (χ0) is 13.8. The molecule has 0 spiro atoms. The molecule has 0 aliphatic rings. The molecule has 19 heavy (non-hydrogen) atoms. The Labute approximate surface area is 120 Å². The molecule has 0 saturated carbocycles. The summed E-state index contributed by atoms with van der Waals surface area (Å²) in [5.41, 5.74) is 0. The first-order valence-electron chi connectivity index (χ1n) is 5.74. The number of nitrogens with zero attached hydrogens (tertiary/aromatic N) is 6. The number of nitrogens with one attached hydrogen (secondary N) is 1. The van der Waals surface area contributed by atoms with Crippen LogP contribution in [0.2, 0.25) is 0 Å². The number of aryl methyl sites for hydroxylation is 1. The second kappa shape index (κ2) is 6.11.